The summed E-state index contributed by atoms with van der Waals surface area (Å²) in [6, 6.07) is 7.15. The smallest absolute Gasteiger partial charge is 0.222 e. The molecule has 0 aliphatic rings. The van der Waals surface area contributed by atoms with Crippen molar-refractivity contribution in [2.75, 3.05) is 0 Å². The maximum absolute atomic E-state index is 5.93. The third-order valence-electron chi connectivity index (χ3n) is 2.35. The Hall–Kier alpha value is -0.770. The van der Waals surface area contributed by atoms with Gasteiger partial charge in [0.25, 0.3) is 0 Å². The van der Waals surface area contributed by atoms with Crippen LogP contribution in [0.1, 0.15) is 11.1 Å². The Morgan fingerprint density at radius 1 is 1.22 bits per heavy atom. The highest BCUT2D eigenvalue weighted by atomic mass is 79.9. The molecule has 0 atom stereocenters. The fourth-order valence-corrected chi connectivity index (χ4v) is 2.05. The molecule has 0 bridgehead atoms. The summed E-state index contributed by atoms with van der Waals surface area (Å²) in [6.45, 7) is 1.95. The van der Waals surface area contributed by atoms with Crippen LogP contribution in [0, 0.1) is 6.92 Å². The van der Waals surface area contributed by atoms with Crippen molar-refractivity contribution in [3.05, 3.63) is 51.6 Å². The second-order valence-corrected chi connectivity index (χ2v) is 5.15. The Balaban J connectivity index is 2.25. The Kier molecular flexibility index (Phi) is 4.49. The molecule has 5 heteroatoms. The van der Waals surface area contributed by atoms with Crippen molar-refractivity contribution in [3.8, 4) is 11.6 Å². The molecule has 0 unspecified atom stereocenters. The van der Waals surface area contributed by atoms with E-state index in [-0.39, 0.29) is 0 Å². The monoisotopic (exact) mass is 345 g/mol. The molecule has 0 spiro atoms. The first-order valence-corrected chi connectivity index (χ1v) is 7.12. The number of aryl methyl sites for hydroxylation is 1. The number of pyridine rings is 1. The molecule has 2 rings (SSSR count). The van der Waals surface area contributed by atoms with Crippen molar-refractivity contribution >= 4 is 39.1 Å². The lowest BCUT2D eigenvalue weighted by Gasteiger charge is -2.09. The van der Waals surface area contributed by atoms with E-state index in [1.54, 1.807) is 24.4 Å². The van der Waals surface area contributed by atoms with Crippen LogP contribution >= 0.6 is 39.1 Å². The van der Waals surface area contributed by atoms with Gasteiger partial charge in [-0.2, -0.15) is 0 Å². The summed E-state index contributed by atoms with van der Waals surface area (Å²) in [5.41, 5.74) is 2.08. The van der Waals surface area contributed by atoms with Gasteiger partial charge >= 0.3 is 0 Å². The summed E-state index contributed by atoms with van der Waals surface area (Å²) in [7, 11) is 0. The van der Waals surface area contributed by atoms with Gasteiger partial charge in [-0.1, -0.05) is 39.1 Å². The molecule has 0 fully saturated rings. The maximum atomic E-state index is 5.93. The van der Waals surface area contributed by atoms with E-state index in [1.165, 1.54) is 0 Å². The Labute approximate surface area is 124 Å². The van der Waals surface area contributed by atoms with Gasteiger partial charge in [0, 0.05) is 23.2 Å². The van der Waals surface area contributed by atoms with Crippen molar-refractivity contribution in [2.24, 2.45) is 0 Å². The number of nitrogens with zero attached hydrogens (tertiary/aromatic N) is 1. The van der Waals surface area contributed by atoms with E-state index in [4.69, 9.17) is 27.9 Å². The first-order valence-electron chi connectivity index (χ1n) is 5.24. The third-order valence-corrected chi connectivity index (χ3v) is 3.73. The lowest BCUT2D eigenvalue weighted by Crippen LogP contribution is -1.93. The summed E-state index contributed by atoms with van der Waals surface area (Å²) in [4.78, 5) is 4.27. The highest BCUT2D eigenvalue weighted by Crippen LogP contribution is 2.30. The minimum atomic E-state index is 0.462. The van der Waals surface area contributed by atoms with Crippen LogP contribution < -0.4 is 4.74 Å². The first-order chi connectivity index (χ1) is 8.60. The van der Waals surface area contributed by atoms with Gasteiger partial charge in [0.05, 0.1) is 10.0 Å². The average molecular weight is 347 g/mol. The molecular weight excluding hydrogens is 337 g/mol. The number of aromatic nitrogens is 1. The summed E-state index contributed by atoms with van der Waals surface area (Å²) in [5.74, 6) is 1.18. The minimum absolute atomic E-state index is 0.462. The normalized spacial score (nSPS) is 10.4. The summed E-state index contributed by atoms with van der Waals surface area (Å²) in [6.07, 6.45) is 1.77. The molecule has 94 valence electrons. The van der Waals surface area contributed by atoms with E-state index in [0.717, 1.165) is 16.5 Å². The number of halogens is 3. The highest BCUT2D eigenvalue weighted by Gasteiger charge is 2.06. The summed E-state index contributed by atoms with van der Waals surface area (Å²) >= 11 is 15.2. The molecule has 0 aliphatic carbocycles. The van der Waals surface area contributed by atoms with Crippen LogP contribution in [0.4, 0.5) is 0 Å². The molecule has 18 heavy (non-hydrogen) atoms. The predicted molar refractivity (Wildman–Crippen MR) is 78.1 cm³/mol. The van der Waals surface area contributed by atoms with E-state index in [2.05, 4.69) is 20.9 Å². The van der Waals surface area contributed by atoms with Crippen LogP contribution in [0.25, 0.3) is 0 Å². The van der Waals surface area contributed by atoms with Crippen LogP contribution in [0.15, 0.2) is 30.5 Å². The van der Waals surface area contributed by atoms with Crippen LogP contribution in [-0.4, -0.2) is 4.98 Å². The van der Waals surface area contributed by atoms with Gasteiger partial charge in [-0.15, -0.1) is 0 Å². The van der Waals surface area contributed by atoms with E-state index in [0.29, 0.717) is 21.7 Å². The zero-order valence-corrected chi connectivity index (χ0v) is 12.7. The fourth-order valence-electron chi connectivity index (χ4n) is 1.45. The topological polar surface area (TPSA) is 22.1 Å². The van der Waals surface area contributed by atoms with Gasteiger partial charge in [0.2, 0.25) is 5.88 Å². The van der Waals surface area contributed by atoms with Crippen molar-refractivity contribution in [2.45, 2.75) is 12.3 Å². The largest absolute Gasteiger partial charge is 0.439 e. The minimum Gasteiger partial charge on any atom is -0.439 e. The molecule has 0 saturated carbocycles. The van der Waals surface area contributed by atoms with Crippen LogP contribution in [0.3, 0.4) is 0 Å². The molecule has 2 nitrogen and oxygen atoms in total. The number of hydrogen-bond donors (Lipinski definition) is 0. The van der Waals surface area contributed by atoms with E-state index >= 15 is 0 Å². The third kappa shape index (κ3) is 3.16. The van der Waals surface area contributed by atoms with E-state index in [1.807, 2.05) is 13.0 Å². The van der Waals surface area contributed by atoms with Crippen LogP contribution in [0.2, 0.25) is 10.0 Å². The van der Waals surface area contributed by atoms with Crippen molar-refractivity contribution < 1.29 is 4.74 Å². The van der Waals surface area contributed by atoms with Crippen molar-refractivity contribution in [1.82, 2.24) is 4.98 Å². The molecule has 2 aromatic rings. The van der Waals surface area contributed by atoms with Gasteiger partial charge in [0.1, 0.15) is 5.75 Å². The van der Waals surface area contributed by atoms with Gasteiger partial charge < -0.3 is 4.74 Å². The molecule has 1 heterocycles. The van der Waals surface area contributed by atoms with E-state index < -0.39 is 0 Å². The number of rotatable bonds is 3. The van der Waals surface area contributed by atoms with Gasteiger partial charge in [0.15, 0.2) is 0 Å². The van der Waals surface area contributed by atoms with Gasteiger partial charge in [-0.05, 0) is 30.7 Å². The number of hydrogen-bond acceptors (Lipinski definition) is 2. The zero-order chi connectivity index (χ0) is 13.1. The Morgan fingerprint density at radius 2 is 2.00 bits per heavy atom. The number of benzene rings is 1. The van der Waals surface area contributed by atoms with Crippen molar-refractivity contribution in [3.63, 3.8) is 0 Å². The molecule has 1 aromatic carbocycles. The Bertz CT molecular complexity index is 575. The molecule has 0 N–H and O–H groups in total. The second kappa shape index (κ2) is 5.91. The number of alkyl halides is 1. The SMILES string of the molecule is Cc1cc(CBr)cnc1Oc1ccc(Cl)c(Cl)c1. The first kappa shape index (κ1) is 13.7. The lowest BCUT2D eigenvalue weighted by atomic mass is 10.2. The maximum Gasteiger partial charge on any atom is 0.222 e. The average Bonchev–Trinajstić information content (AvgIpc) is 2.36. The molecule has 0 radical (unpaired) electrons. The quantitative estimate of drug-likeness (QED) is 0.695. The predicted octanol–water partition coefficient (Wildman–Crippen LogP) is 5.38. The standard InChI is InChI=1S/C13H10BrCl2NO/c1-8-4-9(6-14)7-17-13(8)18-10-2-3-11(15)12(16)5-10/h2-5,7H,6H2,1H3. The summed E-state index contributed by atoms with van der Waals surface area (Å²) in [5, 5.41) is 1.74. The highest BCUT2D eigenvalue weighted by molar-refractivity contribution is 9.08. The van der Waals surface area contributed by atoms with Crippen molar-refractivity contribution in [1.29, 1.82) is 0 Å². The van der Waals surface area contributed by atoms with E-state index in [9.17, 15) is 0 Å². The Morgan fingerprint density at radius 3 is 2.61 bits per heavy atom. The molecular formula is C13H10BrCl2NO. The summed E-state index contributed by atoms with van der Waals surface area (Å²) < 4.78 is 5.67. The van der Waals surface area contributed by atoms with Crippen LogP contribution in [0.5, 0.6) is 11.6 Å². The van der Waals surface area contributed by atoms with Gasteiger partial charge in [-0.3, -0.25) is 0 Å². The fraction of sp³-hybridized carbons (Fsp3) is 0.154. The lowest BCUT2D eigenvalue weighted by molar-refractivity contribution is 0.458. The molecule has 0 saturated heterocycles. The van der Waals surface area contributed by atoms with Gasteiger partial charge in [-0.25, -0.2) is 4.98 Å². The number of ether oxygens (including phenoxy) is 1. The molecule has 0 amide bonds. The molecule has 0 aliphatic heterocycles. The van der Waals surface area contributed by atoms with Crippen LogP contribution in [-0.2, 0) is 5.33 Å². The zero-order valence-electron chi connectivity index (χ0n) is 9.58. The second-order valence-electron chi connectivity index (χ2n) is 3.78. The molecule has 1 aromatic heterocycles.